The molecule has 81 heavy (non-hydrogen) atoms. The van der Waals surface area contributed by atoms with Crippen LogP contribution in [0.15, 0.2) is 60.7 Å². The number of rotatable bonds is 21. The van der Waals surface area contributed by atoms with Gasteiger partial charge in [-0.05, 0) is 206 Å². The van der Waals surface area contributed by atoms with Crippen molar-refractivity contribution in [1.29, 1.82) is 0 Å². The summed E-state index contributed by atoms with van der Waals surface area (Å²) < 4.78 is 0. The third-order valence-electron chi connectivity index (χ3n) is 17.1. The average molecular weight is 1130 g/mol. The van der Waals surface area contributed by atoms with E-state index in [0.29, 0.717) is 34.0 Å². The summed E-state index contributed by atoms with van der Waals surface area (Å²) >= 11 is 2.11. The Hall–Kier alpha value is -4.55. The Morgan fingerprint density at radius 1 is 0.333 bits per heavy atom. The molecule has 0 fully saturated rings. The molecule has 5 N–H and O–H groups in total. The molecule has 0 amide bonds. The molecule has 5 rings (SSSR count). The highest BCUT2D eigenvalue weighted by atomic mass is 32.2. The van der Waals surface area contributed by atoms with Gasteiger partial charge in [-0.25, -0.2) is 0 Å². The van der Waals surface area contributed by atoms with Crippen LogP contribution in [-0.4, -0.2) is 36.5 Å². The summed E-state index contributed by atoms with van der Waals surface area (Å²) in [5.41, 5.74) is 15.7. The number of phenols is 5. The van der Waals surface area contributed by atoms with E-state index in [1.54, 1.807) is 0 Å². The van der Waals surface area contributed by atoms with Crippen LogP contribution >= 0.6 is 11.8 Å². The van der Waals surface area contributed by atoms with Crippen molar-refractivity contribution in [3.05, 3.63) is 144 Å². The summed E-state index contributed by atoms with van der Waals surface area (Å²) in [6, 6.07) is 20.8. The molecule has 0 saturated carbocycles. The number of aromatic hydroxyl groups is 5. The lowest BCUT2D eigenvalue weighted by Gasteiger charge is -2.31. The Morgan fingerprint density at radius 3 is 0.840 bits per heavy atom. The van der Waals surface area contributed by atoms with Crippen molar-refractivity contribution in [2.24, 2.45) is 0 Å². The molecular formula is C75H114O5S. The second kappa shape index (κ2) is 28.4. The largest absolute Gasteiger partial charge is 0.508 e. The number of thioether (sulfide) groups is 1. The summed E-state index contributed by atoms with van der Waals surface area (Å²) in [6.07, 6.45) is 15.6. The highest BCUT2D eigenvalue weighted by Crippen LogP contribution is 2.47. The molecule has 0 aliphatic heterocycles. The van der Waals surface area contributed by atoms with Crippen LogP contribution in [0, 0.1) is 34.6 Å². The molecule has 5 nitrogen and oxygen atoms in total. The summed E-state index contributed by atoms with van der Waals surface area (Å²) in [5, 5.41) is 54.8. The van der Waals surface area contributed by atoms with Crippen molar-refractivity contribution < 1.29 is 25.5 Å². The first kappa shape index (κ1) is 68.9. The van der Waals surface area contributed by atoms with Crippen LogP contribution in [0.2, 0.25) is 0 Å². The number of phenolic OH excluding ortho intramolecular Hbond substituents is 5. The number of hydrogen-bond donors (Lipinski definition) is 5. The van der Waals surface area contributed by atoms with E-state index in [0.717, 1.165) is 68.5 Å². The molecule has 5 aromatic carbocycles. The van der Waals surface area contributed by atoms with Crippen molar-refractivity contribution in [2.75, 3.05) is 5.75 Å². The number of benzene rings is 5. The van der Waals surface area contributed by atoms with Gasteiger partial charge in [0.2, 0.25) is 0 Å². The summed E-state index contributed by atoms with van der Waals surface area (Å²) in [7, 11) is 0. The van der Waals surface area contributed by atoms with E-state index in [4.69, 9.17) is 0 Å². The van der Waals surface area contributed by atoms with Crippen molar-refractivity contribution >= 4 is 11.8 Å². The van der Waals surface area contributed by atoms with Gasteiger partial charge in [-0.2, -0.15) is 11.8 Å². The average Bonchev–Trinajstić information content (AvgIpc) is 3.30. The van der Waals surface area contributed by atoms with Gasteiger partial charge in [0.05, 0.1) is 0 Å². The maximum absolute atomic E-state index is 10.9. The van der Waals surface area contributed by atoms with E-state index in [9.17, 15) is 25.5 Å². The third-order valence-corrected chi connectivity index (χ3v) is 18.3. The van der Waals surface area contributed by atoms with Crippen LogP contribution in [0.25, 0.3) is 0 Å². The minimum atomic E-state index is -0.210. The van der Waals surface area contributed by atoms with Gasteiger partial charge in [0.1, 0.15) is 28.7 Å². The van der Waals surface area contributed by atoms with E-state index in [1.807, 2.05) is 30.3 Å². The number of hydrogen-bond acceptors (Lipinski definition) is 6. The van der Waals surface area contributed by atoms with Gasteiger partial charge in [0, 0.05) is 17.1 Å². The molecule has 6 heteroatoms. The van der Waals surface area contributed by atoms with Crippen LogP contribution in [0.3, 0.4) is 0 Å². The van der Waals surface area contributed by atoms with Crippen LogP contribution in [0.4, 0.5) is 0 Å². The Balaban J connectivity index is 0.000000348. The molecule has 5 aromatic rings. The minimum Gasteiger partial charge on any atom is -0.508 e. The summed E-state index contributed by atoms with van der Waals surface area (Å²) in [5.74, 6) is 3.46. The predicted molar refractivity (Wildman–Crippen MR) is 353 cm³/mol. The van der Waals surface area contributed by atoms with E-state index >= 15 is 0 Å². The molecule has 0 bridgehead atoms. The molecule has 0 spiro atoms. The minimum absolute atomic E-state index is 0.0460. The molecule has 2 atom stereocenters. The number of aryl methyl sites for hydroxylation is 5. The fourth-order valence-corrected chi connectivity index (χ4v) is 13.3. The molecular weight excluding hydrogens is 1010 g/mol. The zero-order valence-corrected chi connectivity index (χ0v) is 56.2. The second-order valence-corrected chi connectivity index (χ2v) is 31.3. The molecule has 0 heterocycles. The second-order valence-electron chi connectivity index (χ2n) is 29.7. The Labute approximate surface area is 499 Å². The van der Waals surface area contributed by atoms with Crippen molar-refractivity contribution in [2.45, 2.75) is 286 Å². The van der Waals surface area contributed by atoms with Crippen molar-refractivity contribution in [1.82, 2.24) is 0 Å². The van der Waals surface area contributed by atoms with Crippen LogP contribution in [-0.2, 0) is 27.1 Å². The van der Waals surface area contributed by atoms with Crippen LogP contribution in [0.5, 0.6) is 28.7 Å². The summed E-state index contributed by atoms with van der Waals surface area (Å²) in [6.45, 7) is 49.7. The molecule has 0 aliphatic carbocycles. The highest BCUT2D eigenvalue weighted by molar-refractivity contribution is 7.99. The van der Waals surface area contributed by atoms with E-state index in [2.05, 4.69) is 201 Å². The van der Waals surface area contributed by atoms with Gasteiger partial charge in [-0.3, -0.25) is 0 Å². The maximum Gasteiger partial charge on any atom is 0.119 e. The smallest absolute Gasteiger partial charge is 0.119 e. The van der Waals surface area contributed by atoms with Crippen molar-refractivity contribution in [3.63, 3.8) is 0 Å². The first-order valence-electron chi connectivity index (χ1n) is 31.1. The van der Waals surface area contributed by atoms with Gasteiger partial charge in [0.15, 0.2) is 0 Å². The molecule has 0 aliphatic rings. The molecule has 0 saturated heterocycles. The molecule has 0 radical (unpaired) electrons. The normalized spacial score (nSPS) is 13.4. The standard InChI is InChI=1S/C38H62O2S.C37H52O3/c1-11-12-13-14-15-16-17-18-19-20-21-41-29(4)24-32(30-25-33(37(5,6)7)35(39)22-27(30)2)31-26-34(38(8,9)10)36(40)23-28(31)3;1-21(25-18-29(35(5,6)7)32(38)15-22(25)2)14-28(26-19-30(36(8,9)10)33(39)16-23(26)3)27-20-31(37(11,12)13)34(40)17-24(27)4/h22-23,25-26,29,32,39-40H,11-21,24H2,1-10H3;15-21,28,38-40H,14H2,1-13H3. The Kier molecular flexibility index (Phi) is 24.1. The fraction of sp³-hybridized carbons (Fsp3) is 0.600. The fourth-order valence-electron chi connectivity index (χ4n) is 12.2. The topological polar surface area (TPSA) is 101 Å². The van der Waals surface area contributed by atoms with Gasteiger partial charge in [0.25, 0.3) is 0 Å². The first-order chi connectivity index (χ1) is 37.3. The predicted octanol–water partition coefficient (Wildman–Crippen LogP) is 21.8. The lowest BCUT2D eigenvalue weighted by molar-refractivity contribution is 0.443. The van der Waals surface area contributed by atoms with Gasteiger partial charge in [-0.1, -0.05) is 213 Å². The van der Waals surface area contributed by atoms with Crippen molar-refractivity contribution in [3.8, 4) is 28.7 Å². The van der Waals surface area contributed by atoms with Crippen LogP contribution in [0.1, 0.15) is 303 Å². The molecule has 0 aromatic heterocycles. The SMILES string of the molecule is CCCCCCCCCCCCSC(C)CC(c1cc(C(C)(C)C)c(O)cc1C)c1cc(C(C)(C)C)c(O)cc1C.Cc1cc(O)c(C(C)(C)C)cc1C(C)CC(c1cc(C(C)(C)C)c(O)cc1C)c1cc(C(C)(C)C)c(O)cc1C. The number of unbranched alkanes of at least 4 members (excludes halogenated alkanes) is 9. The highest BCUT2D eigenvalue weighted by Gasteiger charge is 2.32. The lowest BCUT2D eigenvalue weighted by Crippen LogP contribution is -2.17. The van der Waals surface area contributed by atoms with Crippen LogP contribution < -0.4 is 0 Å². The van der Waals surface area contributed by atoms with Gasteiger partial charge < -0.3 is 25.5 Å². The molecule has 2 unspecified atom stereocenters. The zero-order chi connectivity index (χ0) is 61.3. The lowest BCUT2D eigenvalue weighted by atomic mass is 9.74. The third kappa shape index (κ3) is 19.0. The zero-order valence-electron chi connectivity index (χ0n) is 55.4. The monoisotopic (exact) mass is 1130 g/mol. The molecule has 450 valence electrons. The summed E-state index contributed by atoms with van der Waals surface area (Å²) in [4.78, 5) is 0. The van der Waals surface area contributed by atoms with Gasteiger partial charge >= 0.3 is 0 Å². The van der Waals surface area contributed by atoms with Gasteiger partial charge in [-0.15, -0.1) is 0 Å². The Bertz CT molecular complexity index is 2710. The first-order valence-corrected chi connectivity index (χ1v) is 32.2. The van der Waals surface area contributed by atoms with E-state index in [1.165, 1.54) is 97.8 Å². The maximum atomic E-state index is 10.9. The van der Waals surface area contributed by atoms with E-state index < -0.39 is 0 Å². The Morgan fingerprint density at radius 2 is 0.568 bits per heavy atom. The quantitative estimate of drug-likeness (QED) is 0.0470. The van der Waals surface area contributed by atoms with E-state index in [-0.39, 0.29) is 44.8 Å².